The standard InChI is InChI=1S/C16H19O7/c1-4-21-14(18)10-7-11(15(19)22-5-2)13(9-17)12(8-10)16(20)23-6-3/h7-8H,4-6,9H2,1-3H3. The number of hydrogen-bond donors (Lipinski definition) is 0. The second-order valence-corrected chi connectivity index (χ2v) is 4.36. The second-order valence-electron chi connectivity index (χ2n) is 4.36. The van der Waals surface area contributed by atoms with Gasteiger partial charge in [0.1, 0.15) is 6.61 Å². The molecule has 23 heavy (non-hydrogen) atoms. The van der Waals surface area contributed by atoms with E-state index in [0.29, 0.717) is 0 Å². The molecule has 0 fully saturated rings. The van der Waals surface area contributed by atoms with E-state index in [1.807, 2.05) is 0 Å². The Hall–Kier alpha value is -2.41. The molecule has 125 valence electrons. The average molecular weight is 323 g/mol. The molecular formula is C16H19O7. The molecule has 0 heterocycles. The van der Waals surface area contributed by atoms with Gasteiger partial charge < -0.3 is 14.2 Å². The topological polar surface area (TPSA) is 98.8 Å². The lowest BCUT2D eigenvalue weighted by atomic mass is 9.97. The molecule has 0 atom stereocenters. The molecule has 1 radical (unpaired) electrons. The van der Waals surface area contributed by atoms with Gasteiger partial charge in [0.15, 0.2) is 0 Å². The van der Waals surface area contributed by atoms with Gasteiger partial charge in [-0.05, 0) is 32.9 Å². The number of carbonyl (C=O) groups is 3. The third-order valence-corrected chi connectivity index (χ3v) is 2.90. The highest BCUT2D eigenvalue weighted by Crippen LogP contribution is 2.21. The minimum Gasteiger partial charge on any atom is -0.462 e. The third kappa shape index (κ3) is 4.53. The van der Waals surface area contributed by atoms with Crippen LogP contribution in [0.1, 0.15) is 57.4 Å². The molecule has 1 rings (SSSR count). The fraction of sp³-hybridized carbons (Fsp3) is 0.438. The zero-order valence-corrected chi connectivity index (χ0v) is 13.3. The van der Waals surface area contributed by atoms with Gasteiger partial charge in [-0.3, -0.25) is 0 Å². The first-order valence-corrected chi connectivity index (χ1v) is 7.26. The summed E-state index contributed by atoms with van der Waals surface area (Å²) in [6, 6.07) is 2.40. The summed E-state index contributed by atoms with van der Waals surface area (Å²) in [5, 5.41) is 11.5. The second kappa shape index (κ2) is 8.89. The van der Waals surface area contributed by atoms with Crippen molar-refractivity contribution in [1.82, 2.24) is 0 Å². The zero-order valence-electron chi connectivity index (χ0n) is 13.3. The van der Waals surface area contributed by atoms with Crippen molar-refractivity contribution in [3.8, 4) is 0 Å². The first-order chi connectivity index (χ1) is 11.0. The summed E-state index contributed by atoms with van der Waals surface area (Å²) in [6.45, 7) is 4.33. The number of hydrogen-bond acceptors (Lipinski definition) is 6. The van der Waals surface area contributed by atoms with Gasteiger partial charge in [0, 0.05) is 5.56 Å². The van der Waals surface area contributed by atoms with E-state index in [-0.39, 0.29) is 42.1 Å². The Kier molecular flexibility index (Phi) is 7.21. The lowest BCUT2D eigenvalue weighted by Crippen LogP contribution is -2.17. The van der Waals surface area contributed by atoms with Crippen LogP contribution >= 0.6 is 0 Å². The van der Waals surface area contributed by atoms with Gasteiger partial charge >= 0.3 is 17.9 Å². The summed E-state index contributed by atoms with van der Waals surface area (Å²) in [4.78, 5) is 36.0. The van der Waals surface area contributed by atoms with E-state index in [1.54, 1.807) is 20.8 Å². The van der Waals surface area contributed by atoms with Gasteiger partial charge in [-0.15, -0.1) is 0 Å². The lowest BCUT2D eigenvalue weighted by molar-refractivity contribution is 0.0512. The van der Waals surface area contributed by atoms with Crippen molar-refractivity contribution in [1.29, 1.82) is 0 Å². The fourth-order valence-corrected chi connectivity index (χ4v) is 1.94. The van der Waals surface area contributed by atoms with E-state index in [1.165, 1.54) is 12.1 Å². The quantitative estimate of drug-likeness (QED) is 0.563. The summed E-state index contributed by atoms with van der Waals surface area (Å²) in [6.07, 6.45) is 0. The number of benzene rings is 1. The third-order valence-electron chi connectivity index (χ3n) is 2.90. The van der Waals surface area contributed by atoms with Crippen molar-refractivity contribution in [3.63, 3.8) is 0 Å². The molecule has 0 saturated heterocycles. The van der Waals surface area contributed by atoms with Crippen LogP contribution in [0.4, 0.5) is 0 Å². The largest absolute Gasteiger partial charge is 0.462 e. The molecule has 0 N–H and O–H groups in total. The van der Waals surface area contributed by atoms with E-state index in [4.69, 9.17) is 14.2 Å². The molecule has 0 aromatic heterocycles. The van der Waals surface area contributed by atoms with Crippen molar-refractivity contribution in [2.45, 2.75) is 27.4 Å². The number of carbonyl (C=O) groups excluding carboxylic acids is 3. The molecule has 0 aliphatic heterocycles. The number of ether oxygens (including phenoxy) is 3. The van der Waals surface area contributed by atoms with Crippen LogP contribution in [-0.2, 0) is 25.9 Å². The fourth-order valence-electron chi connectivity index (χ4n) is 1.94. The van der Waals surface area contributed by atoms with E-state index in [0.717, 1.165) is 0 Å². The summed E-state index contributed by atoms with van der Waals surface area (Å²) >= 11 is 0. The molecule has 1 aromatic carbocycles. The van der Waals surface area contributed by atoms with Crippen molar-refractivity contribution in [2.24, 2.45) is 0 Å². The summed E-state index contributed by atoms with van der Waals surface area (Å²) in [5.74, 6) is -2.27. The zero-order chi connectivity index (χ0) is 17.4. The van der Waals surface area contributed by atoms with E-state index in [2.05, 4.69) is 0 Å². The van der Waals surface area contributed by atoms with Gasteiger partial charge in [-0.25, -0.2) is 19.5 Å². The number of esters is 3. The van der Waals surface area contributed by atoms with Crippen LogP contribution in [0.25, 0.3) is 0 Å². The molecule has 0 spiro atoms. The minimum atomic E-state index is -0.828. The van der Waals surface area contributed by atoms with Crippen LogP contribution in [0.3, 0.4) is 0 Å². The van der Waals surface area contributed by atoms with Crippen LogP contribution in [-0.4, -0.2) is 37.7 Å². The molecule has 0 aliphatic rings. The maximum Gasteiger partial charge on any atom is 0.338 e. The Bertz CT molecular complexity index is 553. The summed E-state index contributed by atoms with van der Waals surface area (Å²) in [5.41, 5.74) is -0.337. The Morgan fingerprint density at radius 3 is 1.52 bits per heavy atom. The summed E-state index contributed by atoms with van der Waals surface area (Å²) < 4.78 is 14.6. The SMILES string of the molecule is CCOC(=O)c1cc(C(=O)OCC)c(C[O])c(C(=O)OCC)c1. The monoisotopic (exact) mass is 323 g/mol. The van der Waals surface area contributed by atoms with Gasteiger partial charge in [0.25, 0.3) is 0 Å². The van der Waals surface area contributed by atoms with E-state index in [9.17, 15) is 19.5 Å². The highest BCUT2D eigenvalue weighted by atomic mass is 16.5. The molecule has 0 saturated carbocycles. The minimum absolute atomic E-state index is 0.0184. The van der Waals surface area contributed by atoms with Crippen LogP contribution in [0.2, 0.25) is 0 Å². The normalized spacial score (nSPS) is 10.1. The molecule has 0 amide bonds. The van der Waals surface area contributed by atoms with Crippen molar-refractivity contribution >= 4 is 17.9 Å². The maximum absolute atomic E-state index is 12.0. The summed E-state index contributed by atoms with van der Waals surface area (Å²) in [7, 11) is 0. The van der Waals surface area contributed by atoms with Gasteiger partial charge in [0.05, 0.1) is 36.5 Å². The predicted molar refractivity (Wildman–Crippen MR) is 78.7 cm³/mol. The molecule has 0 bridgehead atoms. The highest BCUT2D eigenvalue weighted by molar-refractivity contribution is 6.02. The predicted octanol–water partition coefficient (Wildman–Crippen LogP) is 2.15. The molecule has 1 aromatic rings. The molecule has 7 nitrogen and oxygen atoms in total. The smallest absolute Gasteiger partial charge is 0.338 e. The van der Waals surface area contributed by atoms with Crippen molar-refractivity contribution < 1.29 is 33.7 Å². The first-order valence-electron chi connectivity index (χ1n) is 7.26. The van der Waals surface area contributed by atoms with E-state index >= 15 is 0 Å². The molecule has 0 aliphatic carbocycles. The molecular weight excluding hydrogens is 304 g/mol. The number of rotatable bonds is 7. The Labute approximate surface area is 134 Å². The average Bonchev–Trinajstić information content (AvgIpc) is 2.54. The molecule has 0 unspecified atom stereocenters. The van der Waals surface area contributed by atoms with Crippen LogP contribution < -0.4 is 0 Å². The van der Waals surface area contributed by atoms with Crippen LogP contribution in [0, 0.1) is 0 Å². The van der Waals surface area contributed by atoms with Crippen LogP contribution in [0.5, 0.6) is 0 Å². The van der Waals surface area contributed by atoms with Gasteiger partial charge in [-0.1, -0.05) is 0 Å². The Balaban J connectivity index is 3.49. The Morgan fingerprint density at radius 2 is 1.17 bits per heavy atom. The highest BCUT2D eigenvalue weighted by Gasteiger charge is 2.24. The Morgan fingerprint density at radius 1 is 0.783 bits per heavy atom. The van der Waals surface area contributed by atoms with Crippen molar-refractivity contribution in [2.75, 3.05) is 19.8 Å². The van der Waals surface area contributed by atoms with Crippen molar-refractivity contribution in [3.05, 3.63) is 34.4 Å². The molecule has 7 heteroatoms. The maximum atomic E-state index is 12.0. The van der Waals surface area contributed by atoms with Gasteiger partial charge in [0.2, 0.25) is 0 Å². The first kappa shape index (κ1) is 18.6. The van der Waals surface area contributed by atoms with Gasteiger partial charge in [-0.2, -0.15) is 0 Å². The van der Waals surface area contributed by atoms with E-state index < -0.39 is 24.5 Å². The van der Waals surface area contributed by atoms with Crippen LogP contribution in [0.15, 0.2) is 12.1 Å². The lowest BCUT2D eigenvalue weighted by Gasteiger charge is -2.13.